The van der Waals surface area contributed by atoms with Gasteiger partial charge in [0.15, 0.2) is 0 Å². The summed E-state index contributed by atoms with van der Waals surface area (Å²) in [5, 5.41) is 19.3. The summed E-state index contributed by atoms with van der Waals surface area (Å²) in [6.45, 7) is 0.881. The van der Waals surface area contributed by atoms with Crippen molar-refractivity contribution in [3.8, 4) is 0 Å². The third kappa shape index (κ3) is 9.89. The second-order valence-electron chi connectivity index (χ2n) is 4.29. The van der Waals surface area contributed by atoms with Gasteiger partial charge in [-0.25, -0.2) is 4.79 Å². The quantitative estimate of drug-likeness (QED) is 0.512. The van der Waals surface area contributed by atoms with Crippen LogP contribution in [0.15, 0.2) is 0 Å². The van der Waals surface area contributed by atoms with Crippen molar-refractivity contribution in [1.29, 1.82) is 0 Å². The Bertz CT molecular complexity index is 246. The summed E-state index contributed by atoms with van der Waals surface area (Å²) < 4.78 is 0. The van der Waals surface area contributed by atoms with Crippen LogP contribution in [0.3, 0.4) is 0 Å². The van der Waals surface area contributed by atoms with Crippen molar-refractivity contribution in [3.63, 3.8) is 0 Å². The van der Waals surface area contributed by atoms with E-state index in [-0.39, 0.29) is 12.5 Å². The van der Waals surface area contributed by atoms with E-state index in [2.05, 4.69) is 5.32 Å². The molecule has 6 nitrogen and oxygen atoms in total. The minimum Gasteiger partial charge on any atom is -0.465 e. The summed E-state index contributed by atoms with van der Waals surface area (Å²) in [5.41, 5.74) is 0. The van der Waals surface area contributed by atoms with E-state index in [9.17, 15) is 9.59 Å². The number of carboxylic acid groups (broad SMARTS) is 1. The molecule has 3 N–H and O–H groups in total. The number of carbonyl (C=O) groups excluding carboxylic acids is 1. The van der Waals surface area contributed by atoms with Gasteiger partial charge in [0.05, 0.1) is 6.61 Å². The molecule has 0 aliphatic heterocycles. The standard InChI is InChI=1S/C12H24N2O4/c1-14(9-10-15)11(16)7-5-3-2-4-6-8-13-12(17)18/h13,15H,2-10H2,1H3,(H,17,18). The van der Waals surface area contributed by atoms with E-state index in [4.69, 9.17) is 10.2 Å². The van der Waals surface area contributed by atoms with Gasteiger partial charge in [-0.1, -0.05) is 19.3 Å². The van der Waals surface area contributed by atoms with E-state index in [1.54, 1.807) is 7.05 Å². The number of hydrogen-bond acceptors (Lipinski definition) is 3. The van der Waals surface area contributed by atoms with E-state index >= 15 is 0 Å². The maximum absolute atomic E-state index is 11.5. The molecule has 0 aromatic heterocycles. The molecule has 18 heavy (non-hydrogen) atoms. The van der Waals surface area contributed by atoms with Crippen molar-refractivity contribution in [2.75, 3.05) is 26.7 Å². The van der Waals surface area contributed by atoms with E-state index in [0.29, 0.717) is 19.5 Å². The fourth-order valence-electron chi connectivity index (χ4n) is 1.59. The van der Waals surface area contributed by atoms with E-state index in [1.807, 2.05) is 0 Å². The monoisotopic (exact) mass is 260 g/mol. The fraction of sp³-hybridized carbons (Fsp3) is 0.833. The largest absolute Gasteiger partial charge is 0.465 e. The van der Waals surface area contributed by atoms with E-state index < -0.39 is 6.09 Å². The van der Waals surface area contributed by atoms with Gasteiger partial charge < -0.3 is 20.4 Å². The van der Waals surface area contributed by atoms with Gasteiger partial charge >= 0.3 is 6.09 Å². The van der Waals surface area contributed by atoms with Crippen LogP contribution in [-0.4, -0.2) is 53.9 Å². The van der Waals surface area contributed by atoms with Crippen LogP contribution in [0.2, 0.25) is 0 Å². The molecule has 2 amide bonds. The third-order valence-electron chi connectivity index (χ3n) is 2.70. The van der Waals surface area contributed by atoms with Crippen LogP contribution in [0.25, 0.3) is 0 Å². The summed E-state index contributed by atoms with van der Waals surface area (Å²) in [4.78, 5) is 23.2. The average molecular weight is 260 g/mol. The second kappa shape index (κ2) is 10.8. The topological polar surface area (TPSA) is 89.9 Å². The van der Waals surface area contributed by atoms with Gasteiger partial charge in [-0.05, 0) is 12.8 Å². The Morgan fingerprint density at radius 2 is 1.72 bits per heavy atom. The zero-order chi connectivity index (χ0) is 13.8. The summed E-state index contributed by atoms with van der Waals surface area (Å²) in [5.74, 6) is 0.0663. The SMILES string of the molecule is CN(CCO)C(=O)CCCCCCCNC(=O)O. The molecule has 106 valence electrons. The van der Waals surface area contributed by atoms with E-state index in [1.165, 1.54) is 4.90 Å². The number of nitrogens with zero attached hydrogens (tertiary/aromatic N) is 1. The molecule has 0 saturated carbocycles. The lowest BCUT2D eigenvalue weighted by molar-refractivity contribution is -0.130. The molecule has 6 heteroatoms. The zero-order valence-corrected chi connectivity index (χ0v) is 11.0. The van der Waals surface area contributed by atoms with Crippen molar-refractivity contribution >= 4 is 12.0 Å². The predicted molar refractivity (Wildman–Crippen MR) is 68.5 cm³/mol. The first kappa shape index (κ1) is 16.7. The second-order valence-corrected chi connectivity index (χ2v) is 4.29. The minimum absolute atomic E-state index is 0.00117. The highest BCUT2D eigenvalue weighted by atomic mass is 16.4. The molecular weight excluding hydrogens is 236 g/mol. The summed E-state index contributed by atoms with van der Waals surface area (Å²) >= 11 is 0. The highest BCUT2D eigenvalue weighted by molar-refractivity contribution is 5.75. The zero-order valence-electron chi connectivity index (χ0n) is 11.0. The first-order valence-corrected chi connectivity index (χ1v) is 6.39. The Morgan fingerprint density at radius 1 is 1.11 bits per heavy atom. The van der Waals surface area contributed by atoms with Crippen LogP contribution in [0, 0.1) is 0 Å². The maximum Gasteiger partial charge on any atom is 0.404 e. The van der Waals surface area contributed by atoms with Gasteiger partial charge in [0, 0.05) is 26.6 Å². The molecule has 0 atom stereocenters. The Balaban J connectivity index is 3.29. The fourth-order valence-corrected chi connectivity index (χ4v) is 1.59. The lowest BCUT2D eigenvalue weighted by atomic mass is 10.1. The highest BCUT2D eigenvalue weighted by Gasteiger charge is 2.06. The first-order valence-electron chi connectivity index (χ1n) is 6.39. The predicted octanol–water partition coefficient (Wildman–Crippen LogP) is 1.05. The number of amides is 2. The molecule has 0 unspecified atom stereocenters. The number of rotatable bonds is 10. The smallest absolute Gasteiger partial charge is 0.404 e. The lowest BCUT2D eigenvalue weighted by Gasteiger charge is -2.15. The molecule has 0 spiro atoms. The van der Waals surface area contributed by atoms with Gasteiger partial charge in [-0.2, -0.15) is 0 Å². The van der Waals surface area contributed by atoms with Gasteiger partial charge in [-0.15, -0.1) is 0 Å². The van der Waals surface area contributed by atoms with Crippen LogP contribution >= 0.6 is 0 Å². The van der Waals surface area contributed by atoms with E-state index in [0.717, 1.165) is 32.1 Å². The van der Waals surface area contributed by atoms with Crippen LogP contribution in [0.4, 0.5) is 4.79 Å². The molecular formula is C12H24N2O4. The number of nitrogens with one attached hydrogen (secondary N) is 1. The Hall–Kier alpha value is -1.30. The average Bonchev–Trinajstić information content (AvgIpc) is 2.32. The normalized spacial score (nSPS) is 10.1. The number of hydrogen-bond donors (Lipinski definition) is 3. The van der Waals surface area contributed by atoms with Crippen molar-refractivity contribution in [1.82, 2.24) is 10.2 Å². The number of unbranched alkanes of at least 4 members (excludes halogenated alkanes) is 4. The van der Waals surface area contributed by atoms with Crippen molar-refractivity contribution in [3.05, 3.63) is 0 Å². The molecule has 0 saturated heterocycles. The van der Waals surface area contributed by atoms with Crippen molar-refractivity contribution < 1.29 is 19.8 Å². The number of likely N-dealkylation sites (N-methyl/N-ethyl adjacent to an activating group) is 1. The van der Waals surface area contributed by atoms with Crippen LogP contribution in [0.5, 0.6) is 0 Å². The van der Waals surface area contributed by atoms with Crippen LogP contribution in [-0.2, 0) is 4.79 Å². The lowest BCUT2D eigenvalue weighted by Crippen LogP contribution is -2.29. The molecule has 0 radical (unpaired) electrons. The molecule has 0 heterocycles. The van der Waals surface area contributed by atoms with Gasteiger partial charge in [0.25, 0.3) is 0 Å². The highest BCUT2D eigenvalue weighted by Crippen LogP contribution is 2.06. The summed E-state index contributed by atoms with van der Waals surface area (Å²) in [7, 11) is 1.69. The molecule has 0 fully saturated rings. The van der Waals surface area contributed by atoms with Gasteiger partial charge in [0.1, 0.15) is 0 Å². The minimum atomic E-state index is -0.979. The molecule has 0 aromatic carbocycles. The van der Waals surface area contributed by atoms with Gasteiger partial charge in [0.2, 0.25) is 5.91 Å². The number of carbonyl (C=O) groups is 2. The molecule has 0 aromatic rings. The Labute approximate surface area is 108 Å². The molecule has 0 bridgehead atoms. The summed E-state index contributed by atoms with van der Waals surface area (Å²) in [6.07, 6.45) is 4.19. The Morgan fingerprint density at radius 3 is 2.33 bits per heavy atom. The van der Waals surface area contributed by atoms with Crippen molar-refractivity contribution in [2.24, 2.45) is 0 Å². The van der Waals surface area contributed by atoms with Crippen LogP contribution < -0.4 is 5.32 Å². The number of aliphatic hydroxyl groups excluding tert-OH is 1. The van der Waals surface area contributed by atoms with Gasteiger partial charge in [-0.3, -0.25) is 4.79 Å². The molecule has 0 rings (SSSR count). The maximum atomic E-state index is 11.5. The summed E-state index contributed by atoms with van der Waals surface area (Å²) in [6, 6.07) is 0. The molecule has 0 aliphatic carbocycles. The number of aliphatic hydroxyl groups is 1. The van der Waals surface area contributed by atoms with Crippen molar-refractivity contribution in [2.45, 2.75) is 38.5 Å². The molecule has 0 aliphatic rings. The Kier molecular flexibility index (Phi) is 10.0. The third-order valence-corrected chi connectivity index (χ3v) is 2.70. The first-order chi connectivity index (χ1) is 8.57. The van der Waals surface area contributed by atoms with Crippen LogP contribution in [0.1, 0.15) is 38.5 Å².